The van der Waals surface area contributed by atoms with E-state index < -0.39 is 11.9 Å². The Morgan fingerprint density at radius 3 is 2.39 bits per heavy atom. The van der Waals surface area contributed by atoms with Crippen LogP contribution in [0.15, 0.2) is 79.4 Å². The maximum absolute atomic E-state index is 12.5. The second-order valence-corrected chi connectivity index (χ2v) is 8.26. The van der Waals surface area contributed by atoms with Crippen LogP contribution in [-0.4, -0.2) is 45.5 Å². The van der Waals surface area contributed by atoms with Crippen molar-refractivity contribution in [3.63, 3.8) is 0 Å². The van der Waals surface area contributed by atoms with E-state index in [0.717, 1.165) is 28.4 Å². The summed E-state index contributed by atoms with van der Waals surface area (Å²) in [5.41, 5.74) is 2.64. The third kappa shape index (κ3) is 7.05. The van der Waals surface area contributed by atoms with Crippen molar-refractivity contribution < 1.29 is 17.9 Å². The number of benzene rings is 1. The highest BCUT2D eigenvalue weighted by Crippen LogP contribution is 2.31. The van der Waals surface area contributed by atoms with Crippen LogP contribution < -0.4 is 15.4 Å². The van der Waals surface area contributed by atoms with Crippen LogP contribution in [0.1, 0.15) is 11.3 Å². The van der Waals surface area contributed by atoms with E-state index in [4.69, 9.17) is 4.74 Å². The average Bonchev–Trinajstić information content (AvgIpc) is 3.34. The maximum atomic E-state index is 12.5. The molecule has 1 unspecified atom stereocenters. The predicted molar refractivity (Wildman–Crippen MR) is 132 cm³/mol. The molecule has 2 N–H and O–H groups in total. The van der Waals surface area contributed by atoms with Gasteiger partial charge in [0.05, 0.1) is 18.4 Å². The highest BCUT2D eigenvalue weighted by atomic mass is 19.4. The molecular weight excluding hydrogens is 469 g/mol. The van der Waals surface area contributed by atoms with Crippen LogP contribution in [0.25, 0.3) is 11.1 Å². The van der Waals surface area contributed by atoms with Gasteiger partial charge in [-0.25, -0.2) is 4.98 Å². The standard InChI is InChI=1S/C20H21F3N6O.C6H6/c1-29-12-15(9-28-29)14-6-17-19(27-8-14)30-16(11-25-17)10-24-5-4-13-2-3-18(26-7-13)20(21,22)23;1-2-4-6-5-3-1/h2-3,6-9,12,16,24-25H,4-5,10-11H2,1H3;1-6H. The molecule has 0 radical (unpaired) electrons. The number of alkyl halides is 3. The fraction of sp³-hybridized carbons (Fsp3) is 0.269. The number of aromatic nitrogens is 4. The van der Waals surface area contributed by atoms with Gasteiger partial charge in [-0.2, -0.15) is 18.3 Å². The zero-order valence-electron chi connectivity index (χ0n) is 19.7. The second-order valence-electron chi connectivity index (χ2n) is 8.26. The Morgan fingerprint density at radius 1 is 1.03 bits per heavy atom. The zero-order valence-corrected chi connectivity index (χ0v) is 19.7. The van der Waals surface area contributed by atoms with Crippen LogP contribution in [0, 0.1) is 0 Å². The molecule has 0 spiro atoms. The lowest BCUT2D eigenvalue weighted by atomic mass is 10.1. The van der Waals surface area contributed by atoms with Crippen molar-refractivity contribution in [3.05, 3.63) is 90.6 Å². The van der Waals surface area contributed by atoms with E-state index in [1.54, 1.807) is 17.1 Å². The first kappa shape index (κ1) is 25.2. The monoisotopic (exact) mass is 496 g/mol. The number of ether oxygens (including phenoxy) is 1. The fourth-order valence-corrected chi connectivity index (χ4v) is 3.56. The van der Waals surface area contributed by atoms with Gasteiger partial charge in [-0.15, -0.1) is 0 Å². The normalized spacial score (nSPS) is 14.6. The summed E-state index contributed by atoms with van der Waals surface area (Å²) in [6, 6.07) is 16.4. The Labute approximate surface area is 207 Å². The Hall–Kier alpha value is -3.92. The van der Waals surface area contributed by atoms with E-state index >= 15 is 0 Å². The van der Waals surface area contributed by atoms with Gasteiger partial charge in [0.15, 0.2) is 0 Å². The smallest absolute Gasteiger partial charge is 0.433 e. The quantitative estimate of drug-likeness (QED) is 0.381. The van der Waals surface area contributed by atoms with Crippen molar-refractivity contribution in [1.82, 2.24) is 25.1 Å². The number of nitrogens with zero attached hydrogens (tertiary/aromatic N) is 4. The SMILES string of the molecule is Cn1cc(-c2cnc3c(c2)NCC(CNCCc2ccc(C(F)(F)F)nc2)O3)cn1.c1ccccc1. The van der Waals surface area contributed by atoms with Crippen LogP contribution in [0.2, 0.25) is 0 Å². The first-order valence-electron chi connectivity index (χ1n) is 11.5. The number of hydrogen-bond donors (Lipinski definition) is 2. The van der Waals surface area contributed by atoms with E-state index in [2.05, 4.69) is 25.7 Å². The van der Waals surface area contributed by atoms with Crippen molar-refractivity contribution in [2.24, 2.45) is 7.05 Å². The van der Waals surface area contributed by atoms with Gasteiger partial charge in [0, 0.05) is 43.3 Å². The van der Waals surface area contributed by atoms with E-state index in [0.29, 0.717) is 31.9 Å². The van der Waals surface area contributed by atoms with Gasteiger partial charge in [-0.05, 0) is 30.7 Å². The van der Waals surface area contributed by atoms with Crippen molar-refractivity contribution in [3.8, 4) is 17.0 Å². The maximum Gasteiger partial charge on any atom is 0.433 e. The molecule has 0 fully saturated rings. The number of aryl methyl sites for hydroxylation is 1. The number of anilines is 1. The Kier molecular flexibility index (Phi) is 8.17. The number of hydrogen-bond acceptors (Lipinski definition) is 6. The number of fused-ring (bicyclic) bond motifs is 1. The summed E-state index contributed by atoms with van der Waals surface area (Å²) in [4.78, 5) is 7.88. The van der Waals surface area contributed by atoms with Crippen LogP contribution in [-0.2, 0) is 19.6 Å². The molecule has 3 aromatic heterocycles. The van der Waals surface area contributed by atoms with E-state index in [-0.39, 0.29) is 6.10 Å². The molecule has 10 heteroatoms. The third-order valence-corrected chi connectivity index (χ3v) is 5.43. The van der Waals surface area contributed by atoms with Gasteiger partial charge in [0.2, 0.25) is 5.88 Å². The van der Waals surface area contributed by atoms with Gasteiger partial charge in [-0.1, -0.05) is 42.5 Å². The number of halogens is 3. The molecule has 0 saturated carbocycles. The van der Waals surface area contributed by atoms with Gasteiger partial charge in [-0.3, -0.25) is 9.67 Å². The van der Waals surface area contributed by atoms with Crippen LogP contribution in [0.5, 0.6) is 5.88 Å². The first-order valence-corrected chi connectivity index (χ1v) is 11.5. The van der Waals surface area contributed by atoms with Gasteiger partial charge in [0.25, 0.3) is 0 Å². The molecular formula is C26H27F3N6O. The Morgan fingerprint density at radius 2 is 1.78 bits per heavy atom. The largest absolute Gasteiger partial charge is 0.470 e. The number of nitrogens with one attached hydrogen (secondary N) is 2. The second kappa shape index (κ2) is 11.7. The lowest BCUT2D eigenvalue weighted by molar-refractivity contribution is -0.141. The highest BCUT2D eigenvalue weighted by molar-refractivity contribution is 5.69. The summed E-state index contributed by atoms with van der Waals surface area (Å²) in [5, 5.41) is 10.8. The molecule has 4 aromatic rings. The molecule has 7 nitrogen and oxygen atoms in total. The van der Waals surface area contributed by atoms with Crippen molar-refractivity contribution >= 4 is 5.69 Å². The van der Waals surface area contributed by atoms with Gasteiger partial charge < -0.3 is 15.4 Å². The highest BCUT2D eigenvalue weighted by Gasteiger charge is 2.32. The molecule has 0 saturated heterocycles. The Bertz CT molecular complexity index is 1200. The molecule has 0 bridgehead atoms. The van der Waals surface area contributed by atoms with Gasteiger partial charge in [0.1, 0.15) is 11.8 Å². The summed E-state index contributed by atoms with van der Waals surface area (Å²) in [5.74, 6) is 0.549. The van der Waals surface area contributed by atoms with Gasteiger partial charge >= 0.3 is 6.18 Å². The molecule has 1 aliphatic heterocycles. The minimum absolute atomic E-state index is 0.0972. The fourth-order valence-electron chi connectivity index (χ4n) is 3.56. The predicted octanol–water partition coefficient (Wildman–Crippen LogP) is 4.59. The zero-order chi connectivity index (χ0) is 25.4. The molecule has 1 aromatic carbocycles. The van der Waals surface area contributed by atoms with E-state index in [9.17, 15) is 13.2 Å². The van der Waals surface area contributed by atoms with Crippen LogP contribution >= 0.6 is 0 Å². The molecule has 5 rings (SSSR count). The first-order chi connectivity index (χ1) is 17.4. The molecule has 0 amide bonds. The minimum Gasteiger partial charge on any atom is -0.470 e. The van der Waals surface area contributed by atoms with Crippen LogP contribution in [0.4, 0.5) is 18.9 Å². The summed E-state index contributed by atoms with van der Waals surface area (Å²) in [6.07, 6.45) is 2.80. The lowest BCUT2D eigenvalue weighted by Gasteiger charge is -2.27. The molecule has 1 aliphatic rings. The molecule has 188 valence electrons. The molecule has 4 heterocycles. The van der Waals surface area contributed by atoms with Crippen molar-refractivity contribution in [2.75, 3.05) is 25.0 Å². The lowest BCUT2D eigenvalue weighted by Crippen LogP contribution is -2.40. The van der Waals surface area contributed by atoms with Crippen molar-refractivity contribution in [1.29, 1.82) is 0 Å². The van der Waals surface area contributed by atoms with Crippen molar-refractivity contribution in [2.45, 2.75) is 18.7 Å². The summed E-state index contributed by atoms with van der Waals surface area (Å²) >= 11 is 0. The third-order valence-electron chi connectivity index (χ3n) is 5.43. The summed E-state index contributed by atoms with van der Waals surface area (Å²) < 4.78 is 45.3. The molecule has 36 heavy (non-hydrogen) atoms. The number of rotatable bonds is 6. The summed E-state index contributed by atoms with van der Waals surface area (Å²) in [6.45, 7) is 1.82. The topological polar surface area (TPSA) is 76.9 Å². The number of pyridine rings is 2. The van der Waals surface area contributed by atoms with E-state index in [1.165, 1.54) is 12.3 Å². The molecule has 1 atom stereocenters. The van der Waals surface area contributed by atoms with E-state index in [1.807, 2.05) is 55.7 Å². The summed E-state index contributed by atoms with van der Waals surface area (Å²) in [7, 11) is 1.86. The molecule has 0 aliphatic carbocycles. The minimum atomic E-state index is -4.41. The average molecular weight is 497 g/mol. The van der Waals surface area contributed by atoms with Crippen LogP contribution in [0.3, 0.4) is 0 Å². The Balaban J connectivity index is 0.000000445.